The zero-order chi connectivity index (χ0) is 21.3. The monoisotopic (exact) mass is 419 g/mol. The lowest BCUT2D eigenvalue weighted by Crippen LogP contribution is -2.45. The van der Waals surface area contributed by atoms with E-state index < -0.39 is 0 Å². The third kappa shape index (κ3) is 6.09. The first-order chi connectivity index (χ1) is 14.6. The number of benzene rings is 2. The Morgan fingerprint density at radius 2 is 1.80 bits per heavy atom. The van der Waals surface area contributed by atoms with Gasteiger partial charge in [-0.05, 0) is 67.5 Å². The number of nitriles is 2. The fourth-order valence-electron chi connectivity index (χ4n) is 4.75. The van der Waals surface area contributed by atoms with Crippen LogP contribution < -0.4 is 5.32 Å². The summed E-state index contributed by atoms with van der Waals surface area (Å²) >= 11 is 6.08. The van der Waals surface area contributed by atoms with Crippen molar-refractivity contribution in [2.75, 3.05) is 0 Å². The first-order valence-electron chi connectivity index (χ1n) is 11.0. The van der Waals surface area contributed by atoms with Gasteiger partial charge >= 0.3 is 0 Å². The first-order valence-corrected chi connectivity index (χ1v) is 11.4. The van der Waals surface area contributed by atoms with Gasteiger partial charge in [0.2, 0.25) is 0 Å². The van der Waals surface area contributed by atoms with Crippen LogP contribution in [0.2, 0.25) is 5.02 Å². The van der Waals surface area contributed by atoms with E-state index in [1.54, 1.807) is 0 Å². The van der Waals surface area contributed by atoms with Crippen molar-refractivity contribution in [2.24, 2.45) is 5.92 Å². The fourth-order valence-corrected chi connectivity index (χ4v) is 4.87. The van der Waals surface area contributed by atoms with Crippen LogP contribution in [0.25, 0.3) is 0 Å². The van der Waals surface area contributed by atoms with Gasteiger partial charge in [0.1, 0.15) is 0 Å². The summed E-state index contributed by atoms with van der Waals surface area (Å²) in [6, 6.07) is 21.0. The molecule has 3 atom stereocenters. The van der Waals surface area contributed by atoms with E-state index in [-0.39, 0.29) is 18.0 Å². The molecule has 2 aromatic carbocycles. The van der Waals surface area contributed by atoms with E-state index in [9.17, 15) is 10.5 Å². The van der Waals surface area contributed by atoms with E-state index in [0.717, 1.165) is 17.0 Å². The van der Waals surface area contributed by atoms with Crippen LogP contribution in [0.5, 0.6) is 0 Å². The van der Waals surface area contributed by atoms with Crippen molar-refractivity contribution in [3.63, 3.8) is 0 Å². The molecule has 0 heterocycles. The molecule has 0 aliphatic heterocycles. The normalized spacial score (nSPS) is 17.5. The topological polar surface area (TPSA) is 59.6 Å². The molecule has 3 rings (SSSR count). The minimum atomic E-state index is 0.176. The number of nitrogens with one attached hydrogen (secondary N) is 1. The second-order valence-electron chi connectivity index (χ2n) is 8.50. The Morgan fingerprint density at radius 1 is 1.07 bits per heavy atom. The van der Waals surface area contributed by atoms with Crippen molar-refractivity contribution in [3.8, 4) is 12.1 Å². The second-order valence-corrected chi connectivity index (χ2v) is 8.93. The summed E-state index contributed by atoms with van der Waals surface area (Å²) in [5, 5.41) is 23.4. The highest BCUT2D eigenvalue weighted by molar-refractivity contribution is 6.30. The van der Waals surface area contributed by atoms with E-state index in [0.29, 0.717) is 17.9 Å². The minimum absolute atomic E-state index is 0.176. The number of hydrogen-bond acceptors (Lipinski definition) is 3. The van der Waals surface area contributed by atoms with Crippen molar-refractivity contribution < 1.29 is 0 Å². The third-order valence-corrected chi connectivity index (χ3v) is 6.68. The van der Waals surface area contributed by atoms with Crippen LogP contribution in [0.3, 0.4) is 0 Å². The van der Waals surface area contributed by atoms with E-state index in [4.69, 9.17) is 11.6 Å². The quantitative estimate of drug-likeness (QED) is 0.540. The van der Waals surface area contributed by atoms with Crippen LogP contribution in [0.15, 0.2) is 48.5 Å². The Bertz CT molecular complexity index is 888. The summed E-state index contributed by atoms with van der Waals surface area (Å²) in [7, 11) is 0. The molecule has 0 radical (unpaired) electrons. The first kappa shape index (κ1) is 22.4. The predicted octanol–water partition coefficient (Wildman–Crippen LogP) is 6.38. The number of rotatable bonds is 8. The van der Waals surface area contributed by atoms with Gasteiger partial charge in [-0.25, -0.2) is 0 Å². The minimum Gasteiger partial charge on any atom is -0.310 e. The summed E-state index contributed by atoms with van der Waals surface area (Å²) in [5.74, 6) is 0.770. The van der Waals surface area contributed by atoms with Gasteiger partial charge in [-0.2, -0.15) is 10.5 Å². The molecule has 156 valence electrons. The summed E-state index contributed by atoms with van der Waals surface area (Å²) in [6.07, 6.45) is 7.65. The van der Waals surface area contributed by atoms with Gasteiger partial charge in [0.15, 0.2) is 0 Å². The summed E-state index contributed by atoms with van der Waals surface area (Å²) in [6.45, 7) is 2.22. The Balaban J connectivity index is 1.84. The lowest BCUT2D eigenvalue weighted by atomic mass is 9.81. The van der Waals surface area contributed by atoms with Gasteiger partial charge in [0, 0.05) is 23.0 Å². The molecule has 0 saturated heterocycles. The Kier molecular flexibility index (Phi) is 8.32. The Morgan fingerprint density at radius 3 is 2.47 bits per heavy atom. The lowest BCUT2D eigenvalue weighted by molar-refractivity contribution is 0.246. The molecule has 1 unspecified atom stereocenters. The highest BCUT2D eigenvalue weighted by Gasteiger charge is 2.28. The van der Waals surface area contributed by atoms with Crippen LogP contribution in [0.1, 0.15) is 68.1 Å². The van der Waals surface area contributed by atoms with E-state index in [1.807, 2.05) is 30.3 Å². The number of hydrogen-bond donors (Lipinski definition) is 1. The van der Waals surface area contributed by atoms with Crippen LogP contribution in [0, 0.1) is 28.6 Å². The van der Waals surface area contributed by atoms with Crippen molar-refractivity contribution in [1.82, 2.24) is 5.32 Å². The van der Waals surface area contributed by atoms with E-state index in [2.05, 4.69) is 42.6 Å². The molecule has 0 bridgehead atoms. The maximum Gasteiger partial charge on any atom is 0.0991 e. The molecule has 0 spiro atoms. The molecular formula is C26H30ClN3. The summed E-state index contributed by atoms with van der Waals surface area (Å²) < 4.78 is 0. The molecule has 4 heteroatoms. The largest absolute Gasteiger partial charge is 0.310 e. The van der Waals surface area contributed by atoms with E-state index in [1.165, 1.54) is 37.7 Å². The van der Waals surface area contributed by atoms with Crippen molar-refractivity contribution in [1.29, 1.82) is 10.5 Å². The SMILES string of the molecule is C[C@H](NC(CC#N)C1CCCCC1)[C@@H](Cc1ccc(Cl)cc1)c1cccc(C#N)c1. The van der Waals surface area contributed by atoms with Crippen molar-refractivity contribution in [2.45, 2.75) is 69.9 Å². The third-order valence-electron chi connectivity index (χ3n) is 6.42. The highest BCUT2D eigenvalue weighted by atomic mass is 35.5. The van der Waals surface area contributed by atoms with Gasteiger partial charge in [0.25, 0.3) is 0 Å². The van der Waals surface area contributed by atoms with Gasteiger partial charge in [-0.3, -0.25) is 0 Å². The molecule has 2 aromatic rings. The molecule has 1 N–H and O–H groups in total. The molecule has 1 fully saturated rings. The average Bonchev–Trinajstić information content (AvgIpc) is 2.79. The fraction of sp³-hybridized carbons (Fsp3) is 0.462. The van der Waals surface area contributed by atoms with E-state index >= 15 is 0 Å². The molecule has 30 heavy (non-hydrogen) atoms. The molecule has 0 aromatic heterocycles. The number of halogens is 1. The second kappa shape index (κ2) is 11.2. The van der Waals surface area contributed by atoms with Gasteiger partial charge in [-0.1, -0.05) is 55.1 Å². The maximum atomic E-state index is 9.43. The molecule has 1 aliphatic carbocycles. The van der Waals surface area contributed by atoms with Gasteiger partial charge in [0.05, 0.1) is 24.1 Å². The maximum absolute atomic E-state index is 9.43. The summed E-state index contributed by atoms with van der Waals surface area (Å²) in [5.41, 5.74) is 3.06. The standard InChI is InChI=1S/C26H30ClN3/c1-19(30-26(14-15-28)22-7-3-2-4-8-22)25(17-20-10-12-24(27)13-11-20)23-9-5-6-21(16-23)18-29/h5-6,9-13,16,19,22,25-26,30H,2-4,7-8,14,17H2,1H3/t19-,25+,26?/m0/s1. The average molecular weight is 420 g/mol. The molecule has 1 aliphatic rings. The molecule has 3 nitrogen and oxygen atoms in total. The Labute approximate surface area is 185 Å². The summed E-state index contributed by atoms with van der Waals surface area (Å²) in [4.78, 5) is 0. The van der Waals surface area contributed by atoms with Crippen LogP contribution in [-0.4, -0.2) is 12.1 Å². The van der Waals surface area contributed by atoms with Crippen LogP contribution in [-0.2, 0) is 6.42 Å². The molecule has 1 saturated carbocycles. The van der Waals surface area contributed by atoms with Crippen molar-refractivity contribution >= 4 is 11.6 Å². The predicted molar refractivity (Wildman–Crippen MR) is 122 cm³/mol. The molecule has 0 amide bonds. The van der Waals surface area contributed by atoms with Crippen molar-refractivity contribution in [3.05, 3.63) is 70.2 Å². The van der Waals surface area contributed by atoms with Crippen LogP contribution in [0.4, 0.5) is 0 Å². The van der Waals surface area contributed by atoms with Crippen LogP contribution >= 0.6 is 11.6 Å². The zero-order valence-electron chi connectivity index (χ0n) is 17.7. The number of nitrogens with zero attached hydrogens (tertiary/aromatic N) is 2. The lowest BCUT2D eigenvalue weighted by Gasteiger charge is -2.35. The zero-order valence-corrected chi connectivity index (χ0v) is 18.4. The smallest absolute Gasteiger partial charge is 0.0991 e. The highest BCUT2D eigenvalue weighted by Crippen LogP contribution is 2.31. The van der Waals surface area contributed by atoms with Gasteiger partial charge < -0.3 is 5.32 Å². The van der Waals surface area contributed by atoms with Gasteiger partial charge in [-0.15, -0.1) is 0 Å². The Hall–Kier alpha value is -2.33. The molecular weight excluding hydrogens is 390 g/mol.